The zero-order chi connectivity index (χ0) is 10.7. The molecule has 1 aromatic rings. The molecule has 0 bridgehead atoms. The molecule has 0 aliphatic heterocycles. The predicted octanol–water partition coefficient (Wildman–Crippen LogP) is 1.89. The van der Waals surface area contributed by atoms with Crippen molar-refractivity contribution in [1.82, 2.24) is 5.48 Å². The smallest absolute Gasteiger partial charge is 0.278 e. The molecule has 0 radical (unpaired) electrons. The second-order valence-electron chi connectivity index (χ2n) is 2.42. The number of rotatable bonds is 2. The van der Waals surface area contributed by atoms with E-state index in [9.17, 15) is 9.90 Å². The van der Waals surface area contributed by atoms with Crippen molar-refractivity contribution in [2.24, 2.45) is 0 Å². The van der Waals surface area contributed by atoms with Gasteiger partial charge in [-0.2, -0.15) is 0 Å². The second kappa shape index (κ2) is 5.12. The summed E-state index contributed by atoms with van der Waals surface area (Å²) in [6.45, 7) is 0. The van der Waals surface area contributed by atoms with Crippen molar-refractivity contribution in [2.75, 3.05) is 7.11 Å². The molecule has 0 saturated heterocycles. The largest absolute Gasteiger partial charge is 0.506 e. The maximum absolute atomic E-state index is 11.4. The first-order valence-corrected chi connectivity index (χ1v) is 5.73. The third-order valence-electron chi connectivity index (χ3n) is 1.47. The van der Waals surface area contributed by atoms with E-state index in [4.69, 9.17) is 0 Å². The standard InChI is InChI=1S/C8H7I2NO3/c1-14-11-8(13)5-2-4(9)3-6(10)7(5)12/h2-3,12H,1H3,(H,11,13). The van der Waals surface area contributed by atoms with Gasteiger partial charge in [-0.05, 0) is 57.3 Å². The molecule has 0 aliphatic carbocycles. The number of carbonyl (C=O) groups is 1. The Morgan fingerprint density at radius 1 is 1.50 bits per heavy atom. The summed E-state index contributed by atoms with van der Waals surface area (Å²) in [5.74, 6) is -0.484. The second-order valence-corrected chi connectivity index (χ2v) is 4.83. The van der Waals surface area contributed by atoms with E-state index in [-0.39, 0.29) is 11.3 Å². The van der Waals surface area contributed by atoms with Crippen LogP contribution < -0.4 is 5.48 Å². The van der Waals surface area contributed by atoms with Crippen molar-refractivity contribution in [3.63, 3.8) is 0 Å². The summed E-state index contributed by atoms with van der Waals surface area (Å²) in [5.41, 5.74) is 2.36. The number of hydrogen-bond acceptors (Lipinski definition) is 3. The molecule has 76 valence electrons. The van der Waals surface area contributed by atoms with E-state index in [1.165, 1.54) is 7.11 Å². The molecule has 2 N–H and O–H groups in total. The van der Waals surface area contributed by atoms with Gasteiger partial charge in [0, 0.05) is 3.57 Å². The number of phenolic OH excluding ortho intramolecular Hbond substituents is 1. The summed E-state index contributed by atoms with van der Waals surface area (Å²) in [7, 11) is 1.34. The quantitative estimate of drug-likeness (QED) is 0.569. The van der Waals surface area contributed by atoms with Crippen LogP contribution >= 0.6 is 45.2 Å². The minimum Gasteiger partial charge on any atom is -0.506 e. The van der Waals surface area contributed by atoms with Crippen LogP contribution in [0.2, 0.25) is 0 Å². The normalized spacial score (nSPS) is 9.93. The molecule has 1 rings (SSSR count). The Bertz CT molecular complexity index is 368. The number of benzene rings is 1. The Morgan fingerprint density at radius 2 is 2.14 bits per heavy atom. The molecular formula is C8H7I2NO3. The topological polar surface area (TPSA) is 58.6 Å². The molecule has 0 saturated carbocycles. The number of nitrogens with one attached hydrogen (secondary N) is 1. The summed E-state index contributed by atoms with van der Waals surface area (Å²) in [4.78, 5) is 15.8. The number of halogens is 2. The van der Waals surface area contributed by atoms with Gasteiger partial charge in [0.05, 0.1) is 16.2 Å². The molecule has 14 heavy (non-hydrogen) atoms. The lowest BCUT2D eigenvalue weighted by atomic mass is 10.2. The maximum atomic E-state index is 11.4. The monoisotopic (exact) mass is 419 g/mol. The summed E-state index contributed by atoms with van der Waals surface area (Å²) in [5, 5.41) is 9.59. The van der Waals surface area contributed by atoms with Crippen LogP contribution in [0.5, 0.6) is 5.75 Å². The molecule has 0 unspecified atom stereocenters. The fourth-order valence-electron chi connectivity index (χ4n) is 0.887. The molecule has 1 amide bonds. The number of phenols is 1. The van der Waals surface area contributed by atoms with E-state index >= 15 is 0 Å². The first-order valence-electron chi connectivity index (χ1n) is 3.57. The highest BCUT2D eigenvalue weighted by atomic mass is 127. The number of carbonyl (C=O) groups excluding carboxylic acids is 1. The molecule has 0 spiro atoms. The minimum atomic E-state index is -0.457. The molecule has 0 aromatic heterocycles. The highest BCUT2D eigenvalue weighted by molar-refractivity contribution is 14.1. The average molecular weight is 419 g/mol. The molecule has 0 atom stereocenters. The lowest BCUT2D eigenvalue weighted by Crippen LogP contribution is -2.22. The number of amides is 1. The number of hydroxylamine groups is 1. The first kappa shape index (κ1) is 12.0. The Hall–Kier alpha value is -0.0900. The van der Waals surface area contributed by atoms with Crippen molar-refractivity contribution in [3.05, 3.63) is 24.8 Å². The van der Waals surface area contributed by atoms with Gasteiger partial charge in [-0.15, -0.1) is 0 Å². The van der Waals surface area contributed by atoms with E-state index in [0.717, 1.165) is 3.57 Å². The van der Waals surface area contributed by atoms with Gasteiger partial charge in [-0.25, -0.2) is 5.48 Å². The Morgan fingerprint density at radius 3 is 2.71 bits per heavy atom. The van der Waals surface area contributed by atoms with Crippen molar-refractivity contribution in [1.29, 1.82) is 0 Å². The van der Waals surface area contributed by atoms with Crippen LogP contribution in [0.1, 0.15) is 10.4 Å². The average Bonchev–Trinajstić information content (AvgIpc) is 2.11. The van der Waals surface area contributed by atoms with Crippen LogP contribution in [0.3, 0.4) is 0 Å². The van der Waals surface area contributed by atoms with Crippen LogP contribution in [-0.2, 0) is 4.84 Å². The van der Waals surface area contributed by atoms with Crippen LogP contribution in [0.4, 0.5) is 0 Å². The van der Waals surface area contributed by atoms with Crippen molar-refractivity contribution >= 4 is 51.1 Å². The van der Waals surface area contributed by atoms with E-state index in [1.807, 2.05) is 22.6 Å². The zero-order valence-electron chi connectivity index (χ0n) is 7.17. The van der Waals surface area contributed by atoms with E-state index in [0.29, 0.717) is 3.57 Å². The zero-order valence-corrected chi connectivity index (χ0v) is 11.5. The highest BCUT2D eigenvalue weighted by Gasteiger charge is 2.14. The Kier molecular flexibility index (Phi) is 4.38. The van der Waals surface area contributed by atoms with Crippen molar-refractivity contribution in [3.8, 4) is 5.75 Å². The van der Waals surface area contributed by atoms with Gasteiger partial charge >= 0.3 is 0 Å². The fourth-order valence-corrected chi connectivity index (χ4v) is 2.73. The van der Waals surface area contributed by atoms with Gasteiger partial charge in [0.2, 0.25) is 0 Å². The van der Waals surface area contributed by atoms with Crippen molar-refractivity contribution < 1.29 is 14.7 Å². The summed E-state index contributed by atoms with van der Waals surface area (Å²) in [6.07, 6.45) is 0. The third-order valence-corrected chi connectivity index (χ3v) is 2.91. The van der Waals surface area contributed by atoms with Gasteiger partial charge in [-0.3, -0.25) is 9.63 Å². The van der Waals surface area contributed by atoms with Crippen molar-refractivity contribution in [2.45, 2.75) is 0 Å². The summed E-state index contributed by atoms with van der Waals surface area (Å²) >= 11 is 4.03. The minimum absolute atomic E-state index is 0.0273. The molecule has 6 heteroatoms. The molecule has 1 aromatic carbocycles. The Balaban J connectivity index is 3.13. The van der Waals surface area contributed by atoms with E-state index < -0.39 is 5.91 Å². The van der Waals surface area contributed by atoms with Gasteiger partial charge in [0.25, 0.3) is 5.91 Å². The van der Waals surface area contributed by atoms with Crippen LogP contribution in [0, 0.1) is 7.14 Å². The lowest BCUT2D eigenvalue weighted by molar-refractivity contribution is 0.0535. The molecule has 0 fully saturated rings. The van der Waals surface area contributed by atoms with Gasteiger partial charge < -0.3 is 5.11 Å². The van der Waals surface area contributed by atoms with Crippen LogP contribution in [0.15, 0.2) is 12.1 Å². The number of aromatic hydroxyl groups is 1. The van der Waals surface area contributed by atoms with Gasteiger partial charge in [-0.1, -0.05) is 0 Å². The predicted molar refractivity (Wildman–Crippen MR) is 68.0 cm³/mol. The molecule has 4 nitrogen and oxygen atoms in total. The molecular weight excluding hydrogens is 412 g/mol. The van der Waals surface area contributed by atoms with Crippen LogP contribution in [-0.4, -0.2) is 18.1 Å². The number of hydrogen-bond donors (Lipinski definition) is 2. The third kappa shape index (κ3) is 2.70. The van der Waals surface area contributed by atoms with E-state index in [1.54, 1.807) is 12.1 Å². The van der Waals surface area contributed by atoms with E-state index in [2.05, 4.69) is 32.9 Å². The SMILES string of the molecule is CONC(=O)c1cc(I)cc(I)c1O. The lowest BCUT2D eigenvalue weighted by Gasteiger charge is -2.06. The van der Waals surface area contributed by atoms with Gasteiger partial charge in [0.15, 0.2) is 0 Å². The maximum Gasteiger partial charge on any atom is 0.278 e. The summed E-state index contributed by atoms with van der Waals surface area (Å²) < 4.78 is 1.52. The van der Waals surface area contributed by atoms with Gasteiger partial charge in [0.1, 0.15) is 5.75 Å². The first-order chi connectivity index (χ1) is 6.56. The summed E-state index contributed by atoms with van der Waals surface area (Å²) in [6, 6.07) is 3.37. The molecule has 0 heterocycles. The highest BCUT2D eigenvalue weighted by Crippen LogP contribution is 2.26. The van der Waals surface area contributed by atoms with Crippen LogP contribution in [0.25, 0.3) is 0 Å². The molecule has 0 aliphatic rings. The fraction of sp³-hybridized carbons (Fsp3) is 0.125. The Labute approximate surface area is 108 Å².